The molecule has 7 heteroatoms. The first-order valence-electron chi connectivity index (χ1n) is 8.68. The molecule has 2 heterocycles. The summed E-state index contributed by atoms with van der Waals surface area (Å²) in [5.41, 5.74) is 0.716. The maximum absolute atomic E-state index is 13.2. The standard InChI is InChI=1S/C20H20ClN3O2S/c1-20-16(18(25)23(2)3)17(14-9-4-5-10-15(14)26-20)22-19(27)24(20)13-8-6-7-12(21)11-13/h4-11,16-17H,1-3H3,(H,22,27)/t16-,17-,20-/m0/s1. The van der Waals surface area contributed by atoms with Gasteiger partial charge in [-0.1, -0.05) is 35.9 Å². The van der Waals surface area contributed by atoms with Gasteiger partial charge >= 0.3 is 0 Å². The zero-order valence-corrected chi connectivity index (χ0v) is 16.8. The van der Waals surface area contributed by atoms with Gasteiger partial charge in [0.1, 0.15) is 11.7 Å². The van der Waals surface area contributed by atoms with Crippen LogP contribution in [0.5, 0.6) is 5.75 Å². The predicted octanol–water partition coefficient (Wildman–Crippen LogP) is 3.59. The number of thiocarbonyl (C=S) groups is 1. The summed E-state index contributed by atoms with van der Waals surface area (Å²) in [5, 5.41) is 4.46. The number of halogens is 1. The summed E-state index contributed by atoms with van der Waals surface area (Å²) >= 11 is 11.9. The SMILES string of the molecule is CN(C)C(=O)[C@@H]1[C@H]2NC(=S)N(c3cccc(Cl)c3)[C@@]1(C)Oc1ccccc12. The van der Waals surface area contributed by atoms with Crippen molar-refractivity contribution in [1.82, 2.24) is 10.2 Å². The summed E-state index contributed by atoms with van der Waals surface area (Å²) in [6.45, 7) is 1.91. The number of carbonyl (C=O) groups excluding carboxylic acids is 1. The van der Waals surface area contributed by atoms with Gasteiger partial charge in [-0.3, -0.25) is 9.69 Å². The number of anilines is 1. The lowest BCUT2D eigenvalue weighted by molar-refractivity contribution is -0.144. The molecule has 2 aromatic rings. The third kappa shape index (κ3) is 2.75. The average molecular weight is 402 g/mol. The van der Waals surface area contributed by atoms with E-state index in [4.69, 9.17) is 28.6 Å². The molecule has 2 bridgehead atoms. The van der Waals surface area contributed by atoms with E-state index in [1.807, 2.05) is 54.3 Å². The van der Waals surface area contributed by atoms with Gasteiger partial charge in [0, 0.05) is 30.4 Å². The quantitative estimate of drug-likeness (QED) is 0.779. The van der Waals surface area contributed by atoms with Gasteiger partial charge in [-0.2, -0.15) is 0 Å². The summed E-state index contributed by atoms with van der Waals surface area (Å²) < 4.78 is 6.46. The van der Waals surface area contributed by atoms with Crippen LogP contribution in [0.3, 0.4) is 0 Å². The summed E-state index contributed by atoms with van der Waals surface area (Å²) in [7, 11) is 3.51. The van der Waals surface area contributed by atoms with Crippen molar-refractivity contribution in [3.63, 3.8) is 0 Å². The summed E-state index contributed by atoms with van der Waals surface area (Å²) in [6.07, 6.45) is 0. The summed E-state index contributed by atoms with van der Waals surface area (Å²) in [5.74, 6) is 0.224. The lowest BCUT2D eigenvalue weighted by Gasteiger charge is -2.56. The molecule has 2 aliphatic heterocycles. The van der Waals surface area contributed by atoms with Crippen molar-refractivity contribution >= 4 is 40.5 Å². The second kappa shape index (κ2) is 6.39. The van der Waals surface area contributed by atoms with Gasteiger partial charge < -0.3 is 15.0 Å². The van der Waals surface area contributed by atoms with Crippen LogP contribution in [0.25, 0.3) is 0 Å². The topological polar surface area (TPSA) is 44.8 Å². The molecule has 0 aliphatic carbocycles. The second-order valence-corrected chi connectivity index (χ2v) is 7.97. The first-order chi connectivity index (χ1) is 12.8. The highest BCUT2D eigenvalue weighted by Gasteiger charge is 2.59. The molecule has 5 nitrogen and oxygen atoms in total. The average Bonchev–Trinajstić information content (AvgIpc) is 2.60. The van der Waals surface area contributed by atoms with E-state index >= 15 is 0 Å². The Labute approximate surface area is 168 Å². The molecule has 3 atom stereocenters. The summed E-state index contributed by atoms with van der Waals surface area (Å²) in [6, 6.07) is 14.9. The van der Waals surface area contributed by atoms with E-state index in [1.165, 1.54) is 0 Å². The number of hydrogen-bond donors (Lipinski definition) is 1. The highest BCUT2D eigenvalue weighted by atomic mass is 35.5. The van der Waals surface area contributed by atoms with E-state index in [9.17, 15) is 4.79 Å². The molecule has 0 aromatic heterocycles. The van der Waals surface area contributed by atoms with E-state index in [0.717, 1.165) is 17.0 Å². The lowest BCUT2D eigenvalue weighted by atomic mass is 9.78. The van der Waals surface area contributed by atoms with Crippen molar-refractivity contribution in [2.24, 2.45) is 5.92 Å². The number of ether oxygens (including phenoxy) is 1. The van der Waals surface area contributed by atoms with Gasteiger partial charge in [0.05, 0.1) is 6.04 Å². The molecule has 1 saturated heterocycles. The molecule has 27 heavy (non-hydrogen) atoms. The van der Waals surface area contributed by atoms with Crippen LogP contribution in [0.15, 0.2) is 48.5 Å². The number of rotatable bonds is 2. The first-order valence-corrected chi connectivity index (χ1v) is 9.47. The number of para-hydroxylation sites is 1. The van der Waals surface area contributed by atoms with Gasteiger partial charge in [0.2, 0.25) is 5.91 Å². The van der Waals surface area contributed by atoms with E-state index < -0.39 is 11.6 Å². The lowest BCUT2D eigenvalue weighted by Crippen LogP contribution is -2.72. The molecule has 2 aromatic carbocycles. The van der Waals surface area contributed by atoms with Gasteiger partial charge in [-0.25, -0.2) is 0 Å². The zero-order valence-electron chi connectivity index (χ0n) is 15.3. The molecule has 0 radical (unpaired) electrons. The van der Waals surface area contributed by atoms with Crippen molar-refractivity contribution in [2.75, 3.05) is 19.0 Å². The van der Waals surface area contributed by atoms with Crippen LogP contribution in [-0.2, 0) is 4.79 Å². The number of hydrogen-bond acceptors (Lipinski definition) is 3. The monoisotopic (exact) mass is 401 g/mol. The third-order valence-electron chi connectivity index (χ3n) is 5.18. The van der Waals surface area contributed by atoms with Crippen LogP contribution >= 0.6 is 23.8 Å². The molecule has 0 saturated carbocycles. The van der Waals surface area contributed by atoms with Gasteiger partial charge in [-0.15, -0.1) is 0 Å². The molecule has 1 amide bonds. The van der Waals surface area contributed by atoms with Crippen molar-refractivity contribution in [2.45, 2.75) is 18.7 Å². The first kappa shape index (κ1) is 18.1. The minimum atomic E-state index is -0.993. The molecule has 2 aliphatic rings. The number of nitrogens with one attached hydrogen (secondary N) is 1. The maximum atomic E-state index is 13.2. The van der Waals surface area contributed by atoms with Gasteiger partial charge in [0.25, 0.3) is 0 Å². The number of amides is 1. The normalized spacial score (nSPS) is 25.9. The Balaban J connectivity index is 1.92. The Kier molecular flexibility index (Phi) is 4.28. The number of nitrogens with zero attached hydrogens (tertiary/aromatic N) is 2. The molecule has 140 valence electrons. The Morgan fingerprint density at radius 1 is 1.26 bits per heavy atom. The Morgan fingerprint density at radius 2 is 2.00 bits per heavy atom. The molecule has 1 fully saturated rings. The van der Waals surface area contributed by atoms with Crippen LogP contribution in [-0.4, -0.2) is 35.7 Å². The molecular weight excluding hydrogens is 382 g/mol. The van der Waals surface area contributed by atoms with Crippen molar-refractivity contribution < 1.29 is 9.53 Å². The third-order valence-corrected chi connectivity index (χ3v) is 5.72. The number of benzene rings is 2. The second-order valence-electron chi connectivity index (χ2n) is 7.15. The molecule has 0 spiro atoms. The smallest absolute Gasteiger partial charge is 0.233 e. The van der Waals surface area contributed by atoms with Crippen molar-refractivity contribution in [1.29, 1.82) is 0 Å². The fourth-order valence-corrected chi connectivity index (χ4v) is 4.59. The Hall–Kier alpha value is -2.31. The molecule has 1 N–H and O–H groups in total. The van der Waals surface area contributed by atoms with E-state index in [0.29, 0.717) is 10.1 Å². The van der Waals surface area contributed by atoms with Crippen molar-refractivity contribution in [3.8, 4) is 5.75 Å². The molecule has 4 rings (SSSR count). The van der Waals surface area contributed by atoms with E-state index in [2.05, 4.69) is 5.32 Å². The molecule has 0 unspecified atom stereocenters. The van der Waals surface area contributed by atoms with Crippen LogP contribution in [0, 0.1) is 5.92 Å². The highest BCUT2D eigenvalue weighted by Crippen LogP contribution is 2.49. The minimum absolute atomic E-state index is 0.0287. The highest BCUT2D eigenvalue weighted by molar-refractivity contribution is 7.80. The Bertz CT molecular complexity index is 935. The number of carbonyl (C=O) groups is 1. The fraction of sp³-hybridized carbons (Fsp3) is 0.300. The predicted molar refractivity (Wildman–Crippen MR) is 110 cm³/mol. The van der Waals surface area contributed by atoms with Gasteiger partial charge in [-0.05, 0) is 43.4 Å². The van der Waals surface area contributed by atoms with Crippen LogP contribution in [0.4, 0.5) is 5.69 Å². The van der Waals surface area contributed by atoms with E-state index in [1.54, 1.807) is 25.1 Å². The van der Waals surface area contributed by atoms with Crippen LogP contribution in [0.1, 0.15) is 18.5 Å². The van der Waals surface area contributed by atoms with Gasteiger partial charge in [0.15, 0.2) is 10.8 Å². The maximum Gasteiger partial charge on any atom is 0.233 e. The minimum Gasteiger partial charge on any atom is -0.467 e. The Morgan fingerprint density at radius 3 is 2.70 bits per heavy atom. The van der Waals surface area contributed by atoms with Crippen molar-refractivity contribution in [3.05, 3.63) is 59.1 Å². The fourth-order valence-electron chi connectivity index (χ4n) is 3.99. The number of fused-ring (bicyclic) bond motifs is 4. The van der Waals surface area contributed by atoms with E-state index in [-0.39, 0.29) is 11.9 Å². The van der Waals surface area contributed by atoms with Crippen LogP contribution in [0.2, 0.25) is 5.02 Å². The molecular formula is C20H20ClN3O2S. The summed E-state index contributed by atoms with van der Waals surface area (Å²) in [4.78, 5) is 16.6. The van der Waals surface area contributed by atoms with Crippen LogP contribution < -0.4 is 15.0 Å². The largest absolute Gasteiger partial charge is 0.467 e. The zero-order chi connectivity index (χ0) is 19.3.